The van der Waals surface area contributed by atoms with Crippen LogP contribution in [-0.2, 0) is 0 Å². The fourth-order valence-electron chi connectivity index (χ4n) is 1.65. The first kappa shape index (κ1) is 15.5. The van der Waals surface area contributed by atoms with E-state index in [0.29, 0.717) is 21.5 Å². The number of anilines is 1. The van der Waals surface area contributed by atoms with Crippen molar-refractivity contribution in [2.24, 2.45) is 0 Å². The molecule has 0 radical (unpaired) electrons. The van der Waals surface area contributed by atoms with Crippen LogP contribution in [-0.4, -0.2) is 12.5 Å². The molecule has 0 spiro atoms. The molecule has 0 saturated carbocycles. The van der Waals surface area contributed by atoms with Gasteiger partial charge in [0.2, 0.25) is 0 Å². The summed E-state index contributed by atoms with van der Waals surface area (Å²) in [4.78, 5) is 12.2. The SMILES string of the molecule is N#CCOc1cccc(NC(=O)c2ccc(Br)cc2Br)c1. The second kappa shape index (κ2) is 7.25. The number of ether oxygens (including phenoxy) is 1. The molecular formula is C15H10Br2N2O2. The zero-order valence-electron chi connectivity index (χ0n) is 10.8. The highest BCUT2D eigenvalue weighted by Gasteiger charge is 2.10. The summed E-state index contributed by atoms with van der Waals surface area (Å²) in [6, 6.07) is 14.1. The van der Waals surface area contributed by atoms with Crippen LogP contribution in [0.25, 0.3) is 0 Å². The van der Waals surface area contributed by atoms with E-state index >= 15 is 0 Å². The van der Waals surface area contributed by atoms with Crippen molar-refractivity contribution in [1.82, 2.24) is 0 Å². The predicted octanol–water partition coefficient (Wildman–Crippen LogP) is 4.37. The summed E-state index contributed by atoms with van der Waals surface area (Å²) in [5.41, 5.74) is 1.13. The predicted molar refractivity (Wildman–Crippen MR) is 87.3 cm³/mol. The average Bonchev–Trinajstić information content (AvgIpc) is 2.45. The molecule has 0 fully saturated rings. The van der Waals surface area contributed by atoms with Crippen molar-refractivity contribution in [3.8, 4) is 11.8 Å². The molecule has 0 aliphatic rings. The number of nitrogens with one attached hydrogen (secondary N) is 1. The van der Waals surface area contributed by atoms with Crippen molar-refractivity contribution in [3.05, 3.63) is 57.0 Å². The van der Waals surface area contributed by atoms with Crippen LogP contribution in [0, 0.1) is 11.3 Å². The van der Waals surface area contributed by atoms with Crippen molar-refractivity contribution in [2.75, 3.05) is 11.9 Å². The molecule has 2 aromatic carbocycles. The molecule has 2 rings (SSSR count). The quantitative estimate of drug-likeness (QED) is 0.815. The molecule has 2 aromatic rings. The highest BCUT2D eigenvalue weighted by molar-refractivity contribution is 9.11. The number of benzene rings is 2. The van der Waals surface area contributed by atoms with Gasteiger partial charge < -0.3 is 10.1 Å². The molecule has 0 aromatic heterocycles. The zero-order valence-corrected chi connectivity index (χ0v) is 13.9. The van der Waals surface area contributed by atoms with Crippen molar-refractivity contribution in [1.29, 1.82) is 5.26 Å². The van der Waals surface area contributed by atoms with Gasteiger partial charge in [-0.1, -0.05) is 22.0 Å². The molecule has 6 heteroatoms. The Morgan fingerprint density at radius 3 is 2.76 bits per heavy atom. The molecule has 1 N–H and O–H groups in total. The molecule has 0 atom stereocenters. The summed E-state index contributed by atoms with van der Waals surface area (Å²) in [7, 11) is 0. The van der Waals surface area contributed by atoms with Gasteiger partial charge in [-0.3, -0.25) is 4.79 Å². The maximum atomic E-state index is 12.2. The van der Waals surface area contributed by atoms with E-state index in [1.807, 2.05) is 6.07 Å². The van der Waals surface area contributed by atoms with Crippen LogP contribution in [0.1, 0.15) is 10.4 Å². The molecule has 0 saturated heterocycles. The third-order valence-corrected chi connectivity index (χ3v) is 3.72. The van der Waals surface area contributed by atoms with E-state index in [1.165, 1.54) is 0 Å². The smallest absolute Gasteiger partial charge is 0.256 e. The Morgan fingerprint density at radius 2 is 2.05 bits per heavy atom. The minimum atomic E-state index is -0.230. The van der Waals surface area contributed by atoms with E-state index < -0.39 is 0 Å². The van der Waals surface area contributed by atoms with Gasteiger partial charge in [-0.05, 0) is 46.3 Å². The van der Waals surface area contributed by atoms with E-state index in [9.17, 15) is 4.79 Å². The van der Waals surface area contributed by atoms with E-state index in [2.05, 4.69) is 37.2 Å². The fraction of sp³-hybridized carbons (Fsp3) is 0.0667. The molecule has 0 aliphatic heterocycles. The van der Waals surface area contributed by atoms with Crippen molar-refractivity contribution >= 4 is 43.5 Å². The number of carbonyl (C=O) groups is 1. The maximum absolute atomic E-state index is 12.2. The number of rotatable bonds is 4. The summed E-state index contributed by atoms with van der Waals surface area (Å²) in [6.07, 6.45) is 0. The van der Waals surface area contributed by atoms with E-state index in [1.54, 1.807) is 42.5 Å². The minimum Gasteiger partial charge on any atom is -0.479 e. The third-order valence-electron chi connectivity index (χ3n) is 2.57. The van der Waals surface area contributed by atoms with Crippen molar-refractivity contribution < 1.29 is 9.53 Å². The Morgan fingerprint density at radius 1 is 1.24 bits per heavy atom. The largest absolute Gasteiger partial charge is 0.479 e. The molecule has 21 heavy (non-hydrogen) atoms. The molecule has 0 heterocycles. The normalized spacial score (nSPS) is 9.76. The van der Waals surface area contributed by atoms with E-state index in [-0.39, 0.29) is 12.5 Å². The van der Waals surface area contributed by atoms with Crippen LogP contribution < -0.4 is 10.1 Å². The summed E-state index contributed by atoms with van der Waals surface area (Å²) in [5, 5.41) is 11.3. The monoisotopic (exact) mass is 408 g/mol. The van der Waals surface area contributed by atoms with Crippen molar-refractivity contribution in [3.63, 3.8) is 0 Å². The van der Waals surface area contributed by atoms with Crippen LogP contribution in [0.15, 0.2) is 51.4 Å². The second-order valence-electron chi connectivity index (χ2n) is 4.05. The number of hydrogen-bond acceptors (Lipinski definition) is 3. The topological polar surface area (TPSA) is 62.1 Å². The molecule has 4 nitrogen and oxygen atoms in total. The Kier molecular flexibility index (Phi) is 5.37. The first-order chi connectivity index (χ1) is 10.1. The van der Waals surface area contributed by atoms with Gasteiger partial charge in [0.25, 0.3) is 5.91 Å². The molecular weight excluding hydrogens is 400 g/mol. The van der Waals surface area contributed by atoms with Gasteiger partial charge in [0.05, 0.1) is 5.56 Å². The van der Waals surface area contributed by atoms with E-state index in [0.717, 1.165) is 4.47 Å². The van der Waals surface area contributed by atoms with E-state index in [4.69, 9.17) is 10.00 Å². The number of carbonyl (C=O) groups excluding carboxylic acids is 1. The molecule has 0 aliphatic carbocycles. The van der Waals surface area contributed by atoms with Gasteiger partial charge >= 0.3 is 0 Å². The Bertz CT molecular complexity index is 711. The lowest BCUT2D eigenvalue weighted by molar-refractivity contribution is 0.102. The zero-order chi connectivity index (χ0) is 15.2. The Labute approximate surface area is 139 Å². The lowest BCUT2D eigenvalue weighted by Crippen LogP contribution is -2.12. The van der Waals surface area contributed by atoms with Crippen LogP contribution >= 0.6 is 31.9 Å². The maximum Gasteiger partial charge on any atom is 0.256 e. The lowest BCUT2D eigenvalue weighted by Gasteiger charge is -2.09. The molecule has 0 bridgehead atoms. The average molecular weight is 410 g/mol. The van der Waals surface area contributed by atoms with Gasteiger partial charge in [-0.2, -0.15) is 5.26 Å². The van der Waals surface area contributed by atoms with Crippen molar-refractivity contribution in [2.45, 2.75) is 0 Å². The van der Waals surface area contributed by atoms with Crippen LogP contribution in [0.2, 0.25) is 0 Å². The number of hydrogen-bond donors (Lipinski definition) is 1. The third kappa shape index (κ3) is 4.31. The summed E-state index contributed by atoms with van der Waals surface area (Å²) in [6.45, 7) is -0.0321. The first-order valence-corrected chi connectivity index (χ1v) is 7.55. The number of nitrogens with zero attached hydrogens (tertiary/aromatic N) is 1. The number of nitriles is 1. The Balaban J connectivity index is 2.14. The number of amides is 1. The van der Waals surface area contributed by atoms with Crippen LogP contribution in [0.5, 0.6) is 5.75 Å². The highest BCUT2D eigenvalue weighted by atomic mass is 79.9. The summed E-state index contributed by atoms with van der Waals surface area (Å²) < 4.78 is 6.78. The van der Waals surface area contributed by atoms with Gasteiger partial charge in [-0.15, -0.1) is 0 Å². The molecule has 0 unspecified atom stereocenters. The minimum absolute atomic E-state index is 0.0321. The summed E-state index contributed by atoms with van der Waals surface area (Å²) >= 11 is 6.70. The van der Waals surface area contributed by atoms with Gasteiger partial charge in [0.15, 0.2) is 6.61 Å². The van der Waals surface area contributed by atoms with Crippen LogP contribution in [0.3, 0.4) is 0 Å². The lowest BCUT2D eigenvalue weighted by atomic mass is 10.2. The highest BCUT2D eigenvalue weighted by Crippen LogP contribution is 2.24. The van der Waals surface area contributed by atoms with Gasteiger partial charge in [-0.25, -0.2) is 0 Å². The fourth-order valence-corrected chi connectivity index (χ4v) is 2.88. The Hall–Kier alpha value is -1.84. The number of halogens is 2. The molecule has 1 amide bonds. The first-order valence-electron chi connectivity index (χ1n) is 5.96. The van der Waals surface area contributed by atoms with Gasteiger partial charge in [0.1, 0.15) is 11.8 Å². The summed E-state index contributed by atoms with van der Waals surface area (Å²) in [5.74, 6) is 0.302. The standard InChI is InChI=1S/C15H10Br2N2O2/c16-10-4-5-13(14(17)8-10)15(20)19-11-2-1-3-12(9-11)21-7-6-18/h1-5,8-9H,7H2,(H,19,20). The second-order valence-corrected chi connectivity index (χ2v) is 5.82. The molecule has 106 valence electrons. The van der Waals surface area contributed by atoms with Gasteiger partial charge in [0, 0.05) is 20.7 Å². The van der Waals surface area contributed by atoms with Crippen LogP contribution in [0.4, 0.5) is 5.69 Å².